The average Bonchev–Trinajstić information content (AvgIpc) is 2.81. The fraction of sp³-hybridized carbons (Fsp3) is 0.211. The minimum atomic E-state index is -1.00. The number of amides is 2. The SMILES string of the molecule is COc1cc(C(=O)NCC(=O)N/N=C\c2cc([N+](=O)[O-])cc([N+](=O)[O-])c2O)cc(OC)c1OC. The van der Waals surface area contributed by atoms with Crippen molar-refractivity contribution in [3.63, 3.8) is 0 Å². The molecule has 0 bridgehead atoms. The Morgan fingerprint density at radius 3 is 2.15 bits per heavy atom. The van der Waals surface area contributed by atoms with Gasteiger partial charge in [0.15, 0.2) is 11.5 Å². The molecule has 2 rings (SSSR count). The molecule has 0 aromatic heterocycles. The topological polar surface area (TPSA) is 205 Å². The number of non-ortho nitro benzene ring substituents is 1. The third-order valence-corrected chi connectivity index (χ3v) is 4.24. The molecule has 180 valence electrons. The molecule has 0 aliphatic rings. The molecule has 3 N–H and O–H groups in total. The Morgan fingerprint density at radius 1 is 1.03 bits per heavy atom. The van der Waals surface area contributed by atoms with E-state index in [0.29, 0.717) is 6.07 Å². The summed E-state index contributed by atoms with van der Waals surface area (Å²) in [6.45, 7) is -0.520. The van der Waals surface area contributed by atoms with Gasteiger partial charge in [-0.05, 0) is 12.1 Å². The van der Waals surface area contributed by atoms with Gasteiger partial charge in [-0.1, -0.05) is 0 Å². The second-order valence-electron chi connectivity index (χ2n) is 6.31. The van der Waals surface area contributed by atoms with Crippen LogP contribution in [-0.2, 0) is 4.79 Å². The number of carbonyl (C=O) groups excluding carboxylic acids is 2. The maximum absolute atomic E-state index is 12.4. The van der Waals surface area contributed by atoms with E-state index in [-0.39, 0.29) is 28.4 Å². The first-order valence-corrected chi connectivity index (χ1v) is 9.18. The number of nitro groups is 2. The molecule has 2 aromatic rings. The summed E-state index contributed by atoms with van der Waals surface area (Å²) in [5.74, 6) is -1.58. The number of nitro benzene ring substituents is 2. The van der Waals surface area contributed by atoms with Gasteiger partial charge in [0.2, 0.25) is 11.5 Å². The summed E-state index contributed by atoms with van der Waals surface area (Å²) in [6.07, 6.45) is 0.786. The minimum absolute atomic E-state index is 0.111. The highest BCUT2D eigenvalue weighted by atomic mass is 16.6. The largest absolute Gasteiger partial charge is 0.502 e. The zero-order valence-corrected chi connectivity index (χ0v) is 18.1. The molecule has 0 aliphatic carbocycles. The average molecular weight is 477 g/mol. The molecule has 0 fully saturated rings. The van der Waals surface area contributed by atoms with E-state index in [1.54, 1.807) is 0 Å². The number of rotatable bonds is 10. The van der Waals surface area contributed by atoms with Crippen LogP contribution in [0.3, 0.4) is 0 Å². The lowest BCUT2D eigenvalue weighted by Gasteiger charge is -2.14. The molecule has 0 spiro atoms. The lowest BCUT2D eigenvalue weighted by Crippen LogP contribution is -2.35. The zero-order chi connectivity index (χ0) is 25.4. The first-order valence-electron chi connectivity index (χ1n) is 9.18. The highest BCUT2D eigenvalue weighted by Crippen LogP contribution is 2.38. The molecule has 0 saturated carbocycles. The maximum atomic E-state index is 12.4. The van der Waals surface area contributed by atoms with Crippen LogP contribution in [0.5, 0.6) is 23.0 Å². The maximum Gasteiger partial charge on any atom is 0.318 e. The second-order valence-corrected chi connectivity index (χ2v) is 6.31. The van der Waals surface area contributed by atoms with Crippen molar-refractivity contribution in [3.8, 4) is 23.0 Å². The van der Waals surface area contributed by atoms with Crippen LogP contribution in [-0.4, -0.2) is 60.9 Å². The van der Waals surface area contributed by atoms with Gasteiger partial charge >= 0.3 is 5.69 Å². The van der Waals surface area contributed by atoms with Crippen molar-refractivity contribution in [1.29, 1.82) is 0 Å². The number of carbonyl (C=O) groups is 2. The summed E-state index contributed by atoms with van der Waals surface area (Å²) in [7, 11) is 4.15. The third-order valence-electron chi connectivity index (χ3n) is 4.24. The van der Waals surface area contributed by atoms with Gasteiger partial charge < -0.3 is 24.6 Å². The summed E-state index contributed by atoms with van der Waals surface area (Å²) in [4.78, 5) is 44.3. The Kier molecular flexibility index (Phi) is 8.24. The smallest absolute Gasteiger partial charge is 0.318 e. The van der Waals surface area contributed by atoms with Crippen LogP contribution in [0.15, 0.2) is 29.4 Å². The van der Waals surface area contributed by atoms with Crippen molar-refractivity contribution >= 4 is 29.4 Å². The number of methoxy groups -OCH3 is 3. The Labute approximate surface area is 191 Å². The summed E-state index contributed by atoms with van der Waals surface area (Å²) in [5.41, 5.74) is 0.199. The van der Waals surface area contributed by atoms with Crippen LogP contribution in [0.1, 0.15) is 15.9 Å². The highest BCUT2D eigenvalue weighted by Gasteiger charge is 2.23. The van der Waals surface area contributed by atoms with Crippen molar-refractivity contribution in [2.24, 2.45) is 5.10 Å². The van der Waals surface area contributed by atoms with Gasteiger partial charge in [-0.2, -0.15) is 5.10 Å². The number of hydrogen-bond donors (Lipinski definition) is 3. The van der Waals surface area contributed by atoms with E-state index in [1.807, 2.05) is 5.43 Å². The van der Waals surface area contributed by atoms with E-state index < -0.39 is 45.3 Å². The molecule has 15 nitrogen and oxygen atoms in total. The number of hydrazone groups is 1. The molecule has 0 radical (unpaired) electrons. The van der Waals surface area contributed by atoms with Crippen molar-refractivity contribution in [1.82, 2.24) is 10.7 Å². The summed E-state index contributed by atoms with van der Waals surface area (Å²) in [6, 6.07) is 4.18. The van der Waals surface area contributed by atoms with E-state index in [0.717, 1.165) is 12.3 Å². The molecule has 0 unspecified atom stereocenters. The number of aromatic hydroxyl groups is 1. The highest BCUT2D eigenvalue weighted by molar-refractivity contribution is 5.97. The lowest BCUT2D eigenvalue weighted by molar-refractivity contribution is -0.394. The molecule has 0 aliphatic heterocycles. The summed E-state index contributed by atoms with van der Waals surface area (Å²) in [5, 5.41) is 37.6. The third kappa shape index (κ3) is 5.84. The van der Waals surface area contributed by atoms with Crippen LogP contribution >= 0.6 is 0 Å². The molecule has 34 heavy (non-hydrogen) atoms. The fourth-order valence-corrected chi connectivity index (χ4v) is 2.66. The first kappa shape index (κ1) is 25.3. The van der Waals surface area contributed by atoms with E-state index in [1.165, 1.54) is 33.5 Å². The zero-order valence-electron chi connectivity index (χ0n) is 18.1. The lowest BCUT2D eigenvalue weighted by atomic mass is 10.1. The molecule has 15 heteroatoms. The number of benzene rings is 2. The molecule has 0 heterocycles. The van der Waals surface area contributed by atoms with Gasteiger partial charge in [0, 0.05) is 11.6 Å². The molecular weight excluding hydrogens is 458 g/mol. The number of phenolic OH excluding ortho intramolecular Hbond substituents is 1. The van der Waals surface area contributed by atoms with Crippen molar-refractivity contribution in [3.05, 3.63) is 55.6 Å². The Bertz CT molecular complexity index is 1140. The predicted molar refractivity (Wildman–Crippen MR) is 116 cm³/mol. The number of nitrogens with zero attached hydrogens (tertiary/aromatic N) is 3. The van der Waals surface area contributed by atoms with Gasteiger partial charge in [0.05, 0.1) is 55.6 Å². The Balaban J connectivity index is 2.07. The van der Waals surface area contributed by atoms with Gasteiger partial charge in [0.25, 0.3) is 17.5 Å². The van der Waals surface area contributed by atoms with Gasteiger partial charge in [-0.15, -0.1) is 0 Å². The minimum Gasteiger partial charge on any atom is -0.502 e. The number of phenols is 1. The van der Waals surface area contributed by atoms with Crippen molar-refractivity contribution in [2.45, 2.75) is 0 Å². The summed E-state index contributed by atoms with van der Waals surface area (Å²) < 4.78 is 15.5. The number of ether oxygens (including phenoxy) is 3. The molecule has 0 saturated heterocycles. The van der Waals surface area contributed by atoms with E-state index in [4.69, 9.17) is 14.2 Å². The van der Waals surface area contributed by atoms with Gasteiger partial charge in [0.1, 0.15) is 0 Å². The van der Waals surface area contributed by atoms with Crippen LogP contribution in [0, 0.1) is 20.2 Å². The van der Waals surface area contributed by atoms with Crippen LogP contribution in [0.25, 0.3) is 0 Å². The second kappa shape index (κ2) is 11.1. The quantitative estimate of drug-likeness (QED) is 0.252. The van der Waals surface area contributed by atoms with E-state index >= 15 is 0 Å². The van der Waals surface area contributed by atoms with Crippen LogP contribution in [0.4, 0.5) is 11.4 Å². The molecule has 0 atom stereocenters. The fourth-order valence-electron chi connectivity index (χ4n) is 2.66. The number of hydrogen-bond acceptors (Lipinski definition) is 11. The number of nitrogens with one attached hydrogen (secondary N) is 2. The Hall–Kier alpha value is -4.95. The van der Waals surface area contributed by atoms with E-state index in [9.17, 15) is 34.9 Å². The normalized spacial score (nSPS) is 10.4. The molecule has 2 aromatic carbocycles. The molecular formula is C19H19N5O10. The summed E-state index contributed by atoms with van der Waals surface area (Å²) >= 11 is 0. The van der Waals surface area contributed by atoms with Crippen LogP contribution in [0.2, 0.25) is 0 Å². The van der Waals surface area contributed by atoms with Crippen molar-refractivity contribution in [2.75, 3.05) is 27.9 Å². The van der Waals surface area contributed by atoms with Crippen molar-refractivity contribution < 1.29 is 38.8 Å². The van der Waals surface area contributed by atoms with Gasteiger partial charge in [-0.3, -0.25) is 29.8 Å². The predicted octanol–water partition coefficient (Wildman–Crippen LogP) is 1.11. The monoisotopic (exact) mass is 477 g/mol. The van der Waals surface area contributed by atoms with Gasteiger partial charge in [-0.25, -0.2) is 5.43 Å². The first-order chi connectivity index (χ1) is 16.1. The standard InChI is InChI=1S/C19H19N5O10/c1-32-14-5-10(6-15(33-2)18(14)34-3)19(27)20-9-16(25)22-21-8-11-4-12(23(28)29)7-13(17(11)26)24(30)31/h4-8,26H,9H2,1-3H3,(H,20,27)(H,22,25)/b21-8-. The van der Waals surface area contributed by atoms with Crippen LogP contribution < -0.4 is 25.0 Å². The Morgan fingerprint density at radius 2 is 1.65 bits per heavy atom. The molecule has 2 amide bonds. The van der Waals surface area contributed by atoms with E-state index in [2.05, 4.69) is 10.4 Å².